The number of benzene rings is 3. The van der Waals surface area contributed by atoms with E-state index in [1.807, 2.05) is 66.7 Å². The van der Waals surface area contributed by atoms with Gasteiger partial charge in [0, 0.05) is 7.11 Å². The van der Waals surface area contributed by atoms with Crippen LogP contribution in [0.3, 0.4) is 0 Å². The SMILES string of the molecule is CO[C@H]1O[C@H](CO[Si](C)(C)C(C)(C)C)[C@@H](OCc2ccccc2)[C@H](OCc2ccccc2)[C@@H]1OCc1ccccc1. The maximum Gasteiger partial charge on any atom is 0.192 e. The zero-order valence-electron chi connectivity index (χ0n) is 25.3. The van der Waals surface area contributed by atoms with Crippen LogP contribution in [0.2, 0.25) is 18.1 Å². The molecule has 0 spiro atoms. The maximum atomic E-state index is 6.68. The van der Waals surface area contributed by atoms with Crippen molar-refractivity contribution >= 4 is 8.32 Å². The van der Waals surface area contributed by atoms with E-state index in [0.717, 1.165) is 16.7 Å². The summed E-state index contributed by atoms with van der Waals surface area (Å²) in [6.07, 6.45) is -2.49. The third-order valence-corrected chi connectivity index (χ3v) is 12.6. The Balaban J connectivity index is 1.63. The molecule has 4 rings (SSSR count). The summed E-state index contributed by atoms with van der Waals surface area (Å²) in [5, 5.41) is 0.0628. The molecular weight excluding hydrogens is 532 g/mol. The van der Waals surface area contributed by atoms with Gasteiger partial charge in [-0.2, -0.15) is 0 Å². The lowest BCUT2D eigenvalue weighted by Gasteiger charge is -2.46. The lowest BCUT2D eigenvalue weighted by Crippen LogP contribution is -2.62. The van der Waals surface area contributed by atoms with Crippen molar-refractivity contribution in [2.45, 2.75) is 89.4 Å². The Morgan fingerprint density at radius 2 is 1.05 bits per heavy atom. The molecule has 1 aliphatic rings. The molecule has 1 fully saturated rings. The van der Waals surface area contributed by atoms with E-state index in [-0.39, 0.29) is 5.04 Å². The van der Waals surface area contributed by atoms with E-state index < -0.39 is 39.0 Å². The first kappa shape index (κ1) is 31.6. The molecule has 1 heterocycles. The van der Waals surface area contributed by atoms with Gasteiger partial charge in [-0.05, 0) is 34.8 Å². The minimum absolute atomic E-state index is 0.0628. The van der Waals surface area contributed by atoms with Gasteiger partial charge in [0.2, 0.25) is 0 Å². The zero-order chi connectivity index (χ0) is 29.3. The van der Waals surface area contributed by atoms with E-state index >= 15 is 0 Å². The standard InChI is InChI=1S/C34H46O6Si/c1-34(2,3)41(5,6)39-25-29-30(36-22-26-16-10-7-11-17-26)31(37-23-27-18-12-8-13-19-27)32(33(35-4)40-29)38-24-28-20-14-9-15-21-28/h7-21,29-33H,22-25H2,1-6H3/t29-,30-,31+,32+,33+/m1/s1. The summed E-state index contributed by atoms with van der Waals surface area (Å²) in [7, 11) is -0.408. The van der Waals surface area contributed by atoms with Crippen molar-refractivity contribution in [1.82, 2.24) is 0 Å². The summed E-state index contributed by atoms with van der Waals surface area (Å²) in [5.74, 6) is 0. The minimum Gasteiger partial charge on any atom is -0.414 e. The first-order valence-corrected chi connectivity index (χ1v) is 17.4. The summed E-state index contributed by atoms with van der Waals surface area (Å²) >= 11 is 0. The summed E-state index contributed by atoms with van der Waals surface area (Å²) in [4.78, 5) is 0. The van der Waals surface area contributed by atoms with Gasteiger partial charge in [-0.1, -0.05) is 112 Å². The molecule has 41 heavy (non-hydrogen) atoms. The quantitative estimate of drug-likeness (QED) is 0.201. The van der Waals surface area contributed by atoms with Crippen LogP contribution in [0.25, 0.3) is 0 Å². The van der Waals surface area contributed by atoms with Crippen LogP contribution < -0.4 is 0 Å². The summed E-state index contributed by atoms with van der Waals surface area (Å²) in [5.41, 5.74) is 3.22. The fourth-order valence-electron chi connectivity index (χ4n) is 4.58. The molecule has 0 amide bonds. The van der Waals surface area contributed by atoms with E-state index in [2.05, 4.69) is 58.1 Å². The van der Waals surface area contributed by atoms with Crippen molar-refractivity contribution in [3.63, 3.8) is 0 Å². The number of ether oxygens (including phenoxy) is 5. The van der Waals surface area contributed by atoms with Gasteiger partial charge < -0.3 is 28.1 Å². The first-order chi connectivity index (χ1) is 19.7. The molecule has 6 nitrogen and oxygen atoms in total. The molecule has 1 saturated heterocycles. The average Bonchev–Trinajstić information content (AvgIpc) is 2.98. The van der Waals surface area contributed by atoms with E-state index in [9.17, 15) is 0 Å². The molecule has 7 heteroatoms. The van der Waals surface area contributed by atoms with E-state index in [0.29, 0.717) is 26.4 Å². The number of hydrogen-bond acceptors (Lipinski definition) is 6. The van der Waals surface area contributed by atoms with Crippen LogP contribution in [0.5, 0.6) is 0 Å². The average molecular weight is 579 g/mol. The molecule has 0 unspecified atom stereocenters. The Bertz CT molecular complexity index is 1150. The van der Waals surface area contributed by atoms with Crippen LogP contribution in [0.4, 0.5) is 0 Å². The second-order valence-corrected chi connectivity index (χ2v) is 16.9. The fraction of sp³-hybridized carbons (Fsp3) is 0.471. The van der Waals surface area contributed by atoms with Gasteiger partial charge in [0.1, 0.15) is 24.4 Å². The van der Waals surface area contributed by atoms with Gasteiger partial charge in [0.25, 0.3) is 0 Å². The monoisotopic (exact) mass is 578 g/mol. The molecule has 5 atom stereocenters. The molecule has 1 aliphatic heterocycles. The lowest BCUT2D eigenvalue weighted by molar-refractivity contribution is -0.320. The minimum atomic E-state index is -2.06. The third kappa shape index (κ3) is 8.81. The van der Waals surface area contributed by atoms with E-state index in [4.69, 9.17) is 28.1 Å². The molecular formula is C34H46O6Si. The highest BCUT2D eigenvalue weighted by Crippen LogP contribution is 2.38. The predicted molar refractivity (Wildman–Crippen MR) is 164 cm³/mol. The van der Waals surface area contributed by atoms with Crippen LogP contribution in [-0.4, -0.2) is 52.7 Å². The van der Waals surface area contributed by atoms with Crippen molar-refractivity contribution in [3.05, 3.63) is 108 Å². The zero-order valence-corrected chi connectivity index (χ0v) is 26.3. The van der Waals surface area contributed by atoms with Gasteiger partial charge in [0.05, 0.1) is 26.4 Å². The summed E-state index contributed by atoms with van der Waals surface area (Å²) in [6, 6.07) is 30.4. The number of methoxy groups -OCH3 is 1. The molecule has 0 saturated carbocycles. The van der Waals surface area contributed by atoms with Crippen molar-refractivity contribution in [2.24, 2.45) is 0 Å². The smallest absolute Gasteiger partial charge is 0.192 e. The Morgan fingerprint density at radius 1 is 0.634 bits per heavy atom. The molecule has 3 aromatic rings. The van der Waals surface area contributed by atoms with Gasteiger partial charge in [0.15, 0.2) is 14.6 Å². The largest absolute Gasteiger partial charge is 0.414 e. The summed E-state index contributed by atoms with van der Waals surface area (Å²) < 4.78 is 39.0. The van der Waals surface area contributed by atoms with Gasteiger partial charge in [-0.15, -0.1) is 0 Å². The third-order valence-electron chi connectivity index (χ3n) is 8.09. The van der Waals surface area contributed by atoms with Crippen LogP contribution >= 0.6 is 0 Å². The Morgan fingerprint density at radius 3 is 1.46 bits per heavy atom. The topological polar surface area (TPSA) is 55.4 Å². The molecule has 3 aromatic carbocycles. The number of hydrogen-bond donors (Lipinski definition) is 0. The van der Waals surface area contributed by atoms with Crippen molar-refractivity contribution in [1.29, 1.82) is 0 Å². The lowest BCUT2D eigenvalue weighted by atomic mass is 9.98. The van der Waals surface area contributed by atoms with Gasteiger partial charge >= 0.3 is 0 Å². The highest BCUT2D eigenvalue weighted by Gasteiger charge is 2.49. The van der Waals surface area contributed by atoms with Crippen molar-refractivity contribution in [3.8, 4) is 0 Å². The Labute approximate surface area is 247 Å². The fourth-order valence-corrected chi connectivity index (χ4v) is 5.59. The second-order valence-electron chi connectivity index (χ2n) is 12.1. The molecule has 0 aliphatic carbocycles. The molecule has 0 aromatic heterocycles. The normalized spacial score (nSPS) is 23.4. The first-order valence-electron chi connectivity index (χ1n) is 14.5. The maximum absolute atomic E-state index is 6.68. The molecule has 222 valence electrons. The molecule has 0 N–H and O–H groups in total. The van der Waals surface area contributed by atoms with Crippen LogP contribution in [0, 0.1) is 0 Å². The Kier molecular flexibility index (Phi) is 11.3. The van der Waals surface area contributed by atoms with Crippen molar-refractivity contribution < 1.29 is 28.1 Å². The highest BCUT2D eigenvalue weighted by molar-refractivity contribution is 6.74. The van der Waals surface area contributed by atoms with Crippen molar-refractivity contribution in [2.75, 3.05) is 13.7 Å². The Hall–Kier alpha value is -2.36. The van der Waals surface area contributed by atoms with E-state index in [1.165, 1.54) is 0 Å². The van der Waals surface area contributed by atoms with Crippen LogP contribution in [0.1, 0.15) is 37.5 Å². The predicted octanol–water partition coefficient (Wildman–Crippen LogP) is 7.14. The highest BCUT2D eigenvalue weighted by atomic mass is 28.4. The van der Waals surface area contributed by atoms with Gasteiger partial charge in [-0.3, -0.25) is 0 Å². The van der Waals surface area contributed by atoms with Gasteiger partial charge in [-0.25, -0.2) is 0 Å². The van der Waals surface area contributed by atoms with Crippen LogP contribution in [-0.2, 0) is 47.9 Å². The number of rotatable bonds is 13. The van der Waals surface area contributed by atoms with E-state index in [1.54, 1.807) is 7.11 Å². The molecule has 0 radical (unpaired) electrons. The summed E-state index contributed by atoms with van der Waals surface area (Å²) in [6.45, 7) is 12.8. The van der Waals surface area contributed by atoms with Crippen LogP contribution in [0.15, 0.2) is 91.0 Å². The molecule has 0 bridgehead atoms. The second kappa shape index (κ2) is 14.7.